The number of benzene rings is 1. The number of hydrogen-bond acceptors (Lipinski definition) is 11. The summed E-state index contributed by atoms with van der Waals surface area (Å²) in [4.78, 5) is 52.7. The van der Waals surface area contributed by atoms with E-state index in [0.29, 0.717) is 58.2 Å². The highest BCUT2D eigenvalue weighted by Crippen LogP contribution is 2.40. The summed E-state index contributed by atoms with van der Waals surface area (Å²) in [6, 6.07) is 6.02. The molecule has 0 aromatic heterocycles. The Morgan fingerprint density at radius 1 is 0.623 bits per heavy atom. The monoisotopic (exact) mass is 740 g/mol. The van der Waals surface area contributed by atoms with E-state index in [1.54, 1.807) is 12.1 Å². The smallest absolute Gasteiger partial charge is 0.220 e. The Labute approximate surface area is 314 Å². The number of aromatic hydroxyl groups is 1. The fourth-order valence-electron chi connectivity index (χ4n) is 5.18. The number of amides is 2. The van der Waals surface area contributed by atoms with Crippen molar-refractivity contribution in [2.45, 2.75) is 57.8 Å². The molecule has 0 heterocycles. The lowest BCUT2D eigenvalue weighted by atomic mass is 9.70. The van der Waals surface area contributed by atoms with Crippen LogP contribution < -0.4 is 10.6 Å². The minimum atomic E-state index is -0.881. The van der Waals surface area contributed by atoms with Gasteiger partial charge in [0, 0.05) is 57.4 Å². The zero-order valence-corrected chi connectivity index (χ0v) is 30.8. The molecule has 0 aliphatic heterocycles. The second kappa shape index (κ2) is 31.3. The SMILES string of the molecule is C#CCOCCOCCCC(=O)CCC(CCC(=O)NCCOCCOCC#C)(CCC(=O)NCCOCCOCC#C)CC(=O)c1cccc(O)c1. The van der Waals surface area contributed by atoms with Gasteiger partial charge in [0.05, 0.1) is 52.9 Å². The number of phenolic OH excluding ortho intramolecular Hbond substituents is 1. The number of hydrogen-bond donors (Lipinski definition) is 3. The summed E-state index contributed by atoms with van der Waals surface area (Å²) < 4.78 is 31.9. The second-order valence-electron chi connectivity index (χ2n) is 12.1. The van der Waals surface area contributed by atoms with Gasteiger partial charge in [0.1, 0.15) is 31.4 Å². The predicted molar refractivity (Wildman–Crippen MR) is 199 cm³/mol. The maximum Gasteiger partial charge on any atom is 0.220 e. The number of ketones is 2. The predicted octanol–water partition coefficient (Wildman–Crippen LogP) is 2.87. The summed E-state index contributed by atoms with van der Waals surface area (Å²) in [5.41, 5.74) is -0.585. The third-order valence-electron chi connectivity index (χ3n) is 7.96. The molecule has 0 saturated heterocycles. The molecular formula is C40H56N2O11. The average molecular weight is 741 g/mol. The first-order valence-electron chi connectivity index (χ1n) is 17.9. The van der Waals surface area contributed by atoms with Gasteiger partial charge in [0.25, 0.3) is 0 Å². The topological polar surface area (TPSA) is 168 Å². The van der Waals surface area contributed by atoms with Crippen LogP contribution >= 0.6 is 0 Å². The number of carbonyl (C=O) groups excluding carboxylic acids is 4. The van der Waals surface area contributed by atoms with Gasteiger partial charge in [-0.1, -0.05) is 29.9 Å². The summed E-state index contributed by atoms with van der Waals surface area (Å²) in [6.07, 6.45) is 17.2. The number of Topliss-reactive ketones (excluding diaryl/α,β-unsaturated/α-hetero) is 2. The van der Waals surface area contributed by atoms with Gasteiger partial charge in [-0.05, 0) is 43.2 Å². The first-order chi connectivity index (χ1) is 25.7. The van der Waals surface area contributed by atoms with E-state index in [4.69, 9.17) is 47.7 Å². The number of rotatable bonds is 34. The molecule has 1 rings (SSSR count). The zero-order chi connectivity index (χ0) is 38.8. The molecule has 53 heavy (non-hydrogen) atoms. The van der Waals surface area contributed by atoms with Crippen LogP contribution in [-0.2, 0) is 42.8 Å². The molecule has 3 N–H and O–H groups in total. The third-order valence-corrected chi connectivity index (χ3v) is 7.96. The molecule has 2 amide bonds. The van der Waals surface area contributed by atoms with E-state index in [-0.39, 0.29) is 127 Å². The summed E-state index contributed by atoms with van der Waals surface area (Å²) >= 11 is 0. The van der Waals surface area contributed by atoms with Crippen LogP contribution in [0.1, 0.15) is 68.1 Å². The summed E-state index contributed by atoms with van der Waals surface area (Å²) in [5, 5.41) is 15.7. The van der Waals surface area contributed by atoms with E-state index in [2.05, 4.69) is 28.4 Å². The van der Waals surface area contributed by atoms with Gasteiger partial charge >= 0.3 is 0 Å². The molecule has 0 aliphatic carbocycles. The maximum atomic E-state index is 13.7. The number of nitrogens with one attached hydrogen (secondary N) is 2. The van der Waals surface area contributed by atoms with E-state index in [9.17, 15) is 24.3 Å². The van der Waals surface area contributed by atoms with E-state index in [0.717, 1.165) is 0 Å². The van der Waals surface area contributed by atoms with Crippen molar-refractivity contribution in [3.63, 3.8) is 0 Å². The quantitative estimate of drug-likeness (QED) is 0.0540. The Morgan fingerprint density at radius 3 is 1.58 bits per heavy atom. The van der Waals surface area contributed by atoms with Gasteiger partial charge in [-0.2, -0.15) is 0 Å². The van der Waals surface area contributed by atoms with Crippen molar-refractivity contribution >= 4 is 23.4 Å². The maximum absolute atomic E-state index is 13.7. The molecule has 0 aliphatic rings. The van der Waals surface area contributed by atoms with Crippen molar-refractivity contribution in [2.24, 2.45) is 5.41 Å². The largest absolute Gasteiger partial charge is 0.508 e. The van der Waals surface area contributed by atoms with Crippen LogP contribution in [0.2, 0.25) is 0 Å². The fourth-order valence-corrected chi connectivity index (χ4v) is 5.18. The molecule has 0 saturated carbocycles. The fraction of sp³-hybridized carbons (Fsp3) is 0.600. The molecule has 13 nitrogen and oxygen atoms in total. The third kappa shape index (κ3) is 25.4. The average Bonchev–Trinajstić information content (AvgIpc) is 3.15. The minimum Gasteiger partial charge on any atom is -0.508 e. The Hall–Kier alpha value is -4.26. The second-order valence-corrected chi connectivity index (χ2v) is 12.1. The van der Waals surface area contributed by atoms with Crippen molar-refractivity contribution in [3.05, 3.63) is 29.8 Å². The van der Waals surface area contributed by atoms with E-state index < -0.39 is 5.41 Å². The molecule has 0 spiro atoms. The summed E-state index contributed by atoms with van der Waals surface area (Å²) in [5.74, 6) is 6.26. The lowest BCUT2D eigenvalue weighted by molar-refractivity contribution is -0.122. The van der Waals surface area contributed by atoms with Crippen molar-refractivity contribution in [2.75, 3.05) is 92.4 Å². The van der Waals surface area contributed by atoms with E-state index in [1.165, 1.54) is 12.1 Å². The Kier molecular flexibility index (Phi) is 27.6. The summed E-state index contributed by atoms with van der Waals surface area (Å²) in [6.45, 7) is 4.08. The van der Waals surface area contributed by atoms with Gasteiger partial charge < -0.3 is 44.2 Å². The van der Waals surface area contributed by atoms with Crippen molar-refractivity contribution < 1.29 is 52.7 Å². The molecular weight excluding hydrogens is 684 g/mol. The van der Waals surface area contributed by atoms with E-state index in [1.807, 2.05) is 0 Å². The lowest BCUT2D eigenvalue weighted by Crippen LogP contribution is -2.33. The first-order valence-corrected chi connectivity index (χ1v) is 17.9. The van der Waals surface area contributed by atoms with Gasteiger partial charge in [-0.15, -0.1) is 19.3 Å². The first kappa shape index (κ1) is 46.8. The molecule has 292 valence electrons. The molecule has 1 aromatic rings. The highest BCUT2D eigenvalue weighted by Gasteiger charge is 2.34. The van der Waals surface area contributed by atoms with Gasteiger partial charge in [-0.3, -0.25) is 19.2 Å². The van der Waals surface area contributed by atoms with Crippen LogP contribution in [0.4, 0.5) is 0 Å². The molecule has 0 fully saturated rings. The number of carbonyl (C=O) groups is 4. The van der Waals surface area contributed by atoms with Crippen LogP contribution in [0.5, 0.6) is 5.75 Å². The van der Waals surface area contributed by atoms with Gasteiger partial charge in [0.15, 0.2) is 5.78 Å². The van der Waals surface area contributed by atoms with Crippen LogP contribution in [-0.4, -0.2) is 121 Å². The molecule has 0 bridgehead atoms. The molecule has 0 radical (unpaired) electrons. The minimum absolute atomic E-state index is 0.0213. The van der Waals surface area contributed by atoms with Gasteiger partial charge in [0.2, 0.25) is 11.8 Å². The van der Waals surface area contributed by atoms with Crippen LogP contribution in [0.25, 0.3) is 0 Å². The summed E-state index contributed by atoms with van der Waals surface area (Å²) in [7, 11) is 0. The standard InChI is InChI=1S/C40H56N2O11/c1-4-20-48-26-29-51-23-8-11-35(43)12-15-40(33-37(45)34-9-7-10-36(44)32-34,16-13-38(46)41-18-24-52-30-27-49-21-5-2)17-14-39(47)42-19-25-53-31-28-50-22-6-3/h1-3,7,9-10,32,44H,8,11-31,33H2,(H,41,46)(H,42,47). The molecule has 0 atom stereocenters. The highest BCUT2D eigenvalue weighted by atomic mass is 16.5. The highest BCUT2D eigenvalue weighted by molar-refractivity contribution is 5.97. The Morgan fingerprint density at radius 2 is 1.09 bits per heavy atom. The van der Waals surface area contributed by atoms with Crippen LogP contribution in [0, 0.1) is 42.4 Å². The number of ether oxygens (including phenoxy) is 6. The lowest BCUT2D eigenvalue weighted by Gasteiger charge is -2.33. The Bertz CT molecular complexity index is 1220. The molecule has 0 unspecified atom stereocenters. The molecule has 1 aromatic carbocycles. The normalized spacial score (nSPS) is 10.9. The van der Waals surface area contributed by atoms with Gasteiger partial charge in [-0.25, -0.2) is 0 Å². The van der Waals surface area contributed by atoms with Crippen LogP contribution in [0.3, 0.4) is 0 Å². The molecule has 13 heteroatoms. The number of terminal acetylenes is 3. The van der Waals surface area contributed by atoms with Crippen molar-refractivity contribution in [3.8, 4) is 42.8 Å². The van der Waals surface area contributed by atoms with E-state index >= 15 is 0 Å². The Balaban J connectivity index is 2.95. The zero-order valence-electron chi connectivity index (χ0n) is 30.8. The van der Waals surface area contributed by atoms with Crippen LogP contribution in [0.15, 0.2) is 24.3 Å². The van der Waals surface area contributed by atoms with Crippen molar-refractivity contribution in [1.29, 1.82) is 0 Å². The number of phenols is 1. The van der Waals surface area contributed by atoms with Crippen molar-refractivity contribution in [1.82, 2.24) is 10.6 Å².